The van der Waals surface area contributed by atoms with E-state index in [1.54, 1.807) is 0 Å². The molecule has 4 aromatic carbocycles. The number of hydrogen-bond donors (Lipinski definition) is 0. The van der Waals surface area contributed by atoms with Gasteiger partial charge in [-0.05, 0) is 88.7 Å². The molecule has 1 unspecified atom stereocenters. The minimum atomic E-state index is -0.0996. The predicted molar refractivity (Wildman–Crippen MR) is 191 cm³/mol. The molecule has 0 N–H and O–H groups in total. The number of halogens is 1. The van der Waals surface area contributed by atoms with Gasteiger partial charge >= 0.3 is 0 Å². The molecule has 4 aromatic rings. The summed E-state index contributed by atoms with van der Waals surface area (Å²) in [6.07, 6.45) is 11.3. The highest BCUT2D eigenvalue weighted by Gasteiger charge is 2.44. The maximum atomic E-state index is 7.14. The van der Waals surface area contributed by atoms with Gasteiger partial charge in [0.2, 0.25) is 0 Å². The molecule has 0 saturated carbocycles. The molecule has 2 nitrogen and oxygen atoms in total. The van der Waals surface area contributed by atoms with Crippen molar-refractivity contribution < 1.29 is 0 Å². The van der Waals surface area contributed by atoms with Crippen molar-refractivity contribution >= 4 is 44.5 Å². The van der Waals surface area contributed by atoms with Crippen LogP contribution in [0.2, 0.25) is 0 Å². The Bertz CT molecular complexity index is 1920. The van der Waals surface area contributed by atoms with Crippen LogP contribution in [0.25, 0.3) is 21.5 Å². The normalized spacial score (nSPS) is 22.4. The van der Waals surface area contributed by atoms with Gasteiger partial charge in [-0.15, -0.1) is 0 Å². The number of nitrogens with zero attached hydrogens (tertiary/aromatic N) is 2. The van der Waals surface area contributed by atoms with E-state index in [1.165, 1.54) is 60.9 Å². The summed E-state index contributed by atoms with van der Waals surface area (Å²) in [6, 6.07) is 27.0. The molecule has 0 spiro atoms. The molecule has 3 aliphatic rings. The minimum Gasteiger partial charge on any atom is -0.364 e. The zero-order chi connectivity index (χ0) is 30.8. The third-order valence-electron chi connectivity index (χ3n) is 10.5. The Morgan fingerprint density at radius 3 is 2.05 bits per heavy atom. The first kappa shape index (κ1) is 29.0. The monoisotopic (exact) mass is 598 g/mol. The lowest BCUT2D eigenvalue weighted by Gasteiger charge is -2.32. The second kappa shape index (κ2) is 10.7. The number of rotatable bonds is 5. The van der Waals surface area contributed by atoms with Crippen LogP contribution in [0.15, 0.2) is 119 Å². The molecule has 224 valence electrons. The molecule has 1 aliphatic carbocycles. The third kappa shape index (κ3) is 4.29. The van der Waals surface area contributed by atoms with E-state index >= 15 is 0 Å². The highest BCUT2D eigenvalue weighted by Crippen LogP contribution is 2.51. The Morgan fingerprint density at radius 2 is 1.39 bits per heavy atom. The van der Waals surface area contributed by atoms with Gasteiger partial charge in [-0.1, -0.05) is 118 Å². The zero-order valence-electron chi connectivity index (χ0n) is 26.9. The van der Waals surface area contributed by atoms with Crippen molar-refractivity contribution in [1.82, 2.24) is 0 Å². The van der Waals surface area contributed by atoms with E-state index in [4.69, 9.17) is 11.6 Å². The summed E-state index contributed by atoms with van der Waals surface area (Å²) in [6.45, 7) is 15.9. The smallest absolute Gasteiger partial charge is 0.0568 e. The van der Waals surface area contributed by atoms with Crippen LogP contribution < -0.4 is 9.80 Å². The van der Waals surface area contributed by atoms with E-state index in [-0.39, 0.29) is 16.9 Å². The van der Waals surface area contributed by atoms with Crippen LogP contribution in [-0.2, 0) is 10.8 Å². The SMILES string of the molecule is CCN1C(=CC=C2CCC(C=CC3N(CC)c4ccc5ccccc5c4C3(C)C)=C2Cl)C(C)(C)c2c1ccc1ccccc21. The molecular weight excluding hydrogens is 556 g/mol. The van der Waals surface area contributed by atoms with Gasteiger partial charge in [-0.3, -0.25) is 0 Å². The lowest BCUT2D eigenvalue weighted by Crippen LogP contribution is -2.39. The van der Waals surface area contributed by atoms with Crippen LogP contribution in [0.4, 0.5) is 11.4 Å². The van der Waals surface area contributed by atoms with Crippen molar-refractivity contribution in [2.75, 3.05) is 22.9 Å². The fourth-order valence-corrected chi connectivity index (χ4v) is 8.66. The topological polar surface area (TPSA) is 6.48 Å². The summed E-state index contributed by atoms with van der Waals surface area (Å²) in [5.74, 6) is 0. The van der Waals surface area contributed by atoms with Crippen molar-refractivity contribution in [1.29, 1.82) is 0 Å². The number of fused-ring (bicyclic) bond motifs is 6. The molecule has 44 heavy (non-hydrogen) atoms. The first-order valence-corrected chi connectivity index (χ1v) is 16.6. The van der Waals surface area contributed by atoms with Gasteiger partial charge in [0.25, 0.3) is 0 Å². The van der Waals surface area contributed by atoms with Gasteiger partial charge in [-0.2, -0.15) is 0 Å². The van der Waals surface area contributed by atoms with Gasteiger partial charge in [0.1, 0.15) is 0 Å². The maximum Gasteiger partial charge on any atom is 0.0568 e. The summed E-state index contributed by atoms with van der Waals surface area (Å²) in [5.41, 5.74) is 9.26. The summed E-state index contributed by atoms with van der Waals surface area (Å²) >= 11 is 7.14. The van der Waals surface area contributed by atoms with Crippen LogP contribution in [0.1, 0.15) is 65.5 Å². The summed E-state index contributed by atoms with van der Waals surface area (Å²) < 4.78 is 0. The van der Waals surface area contributed by atoms with Crippen molar-refractivity contribution in [3.8, 4) is 0 Å². The van der Waals surface area contributed by atoms with Gasteiger partial charge < -0.3 is 9.80 Å². The fraction of sp³-hybridized carbons (Fsp3) is 0.317. The Hall–Kier alpha value is -3.75. The number of likely N-dealkylation sites (N-methyl/N-ethyl adjacent to an activating group) is 2. The van der Waals surface area contributed by atoms with Crippen LogP contribution in [0.3, 0.4) is 0 Å². The molecule has 0 saturated heterocycles. The lowest BCUT2D eigenvalue weighted by molar-refractivity contribution is 0.481. The second-order valence-corrected chi connectivity index (χ2v) is 14.0. The molecule has 0 amide bonds. The molecule has 7 rings (SSSR count). The van der Waals surface area contributed by atoms with E-state index in [9.17, 15) is 0 Å². The molecule has 2 heterocycles. The first-order chi connectivity index (χ1) is 21.2. The van der Waals surface area contributed by atoms with Gasteiger partial charge in [0.15, 0.2) is 0 Å². The average Bonchev–Trinajstić information content (AvgIpc) is 3.57. The Balaban J connectivity index is 1.21. The van der Waals surface area contributed by atoms with Crippen molar-refractivity contribution in [3.05, 3.63) is 130 Å². The minimum absolute atomic E-state index is 0.0196. The van der Waals surface area contributed by atoms with E-state index in [0.29, 0.717) is 0 Å². The molecular formula is C41H43ClN2. The number of benzene rings is 4. The van der Waals surface area contributed by atoms with Crippen LogP contribution in [0, 0.1) is 0 Å². The Morgan fingerprint density at radius 1 is 0.750 bits per heavy atom. The average molecular weight is 599 g/mol. The molecule has 0 radical (unpaired) electrons. The summed E-state index contributed by atoms with van der Waals surface area (Å²) in [5, 5.41) is 6.25. The van der Waals surface area contributed by atoms with Gasteiger partial charge in [0, 0.05) is 46.0 Å². The Kier molecular flexibility index (Phi) is 7.05. The third-order valence-corrected chi connectivity index (χ3v) is 11.0. The van der Waals surface area contributed by atoms with Gasteiger partial charge in [-0.25, -0.2) is 0 Å². The van der Waals surface area contributed by atoms with E-state index in [1.807, 2.05) is 0 Å². The quantitative estimate of drug-likeness (QED) is 0.225. The van der Waals surface area contributed by atoms with Crippen LogP contribution >= 0.6 is 11.6 Å². The highest BCUT2D eigenvalue weighted by molar-refractivity contribution is 6.33. The van der Waals surface area contributed by atoms with Crippen molar-refractivity contribution in [3.63, 3.8) is 0 Å². The van der Waals surface area contributed by atoms with Gasteiger partial charge in [0.05, 0.1) is 6.04 Å². The maximum absolute atomic E-state index is 7.14. The zero-order valence-corrected chi connectivity index (χ0v) is 27.7. The summed E-state index contributed by atoms with van der Waals surface area (Å²) in [4.78, 5) is 5.04. The predicted octanol–water partition coefficient (Wildman–Crippen LogP) is 10.9. The highest BCUT2D eigenvalue weighted by atomic mass is 35.5. The molecule has 0 bridgehead atoms. The van der Waals surface area contributed by atoms with Crippen molar-refractivity contribution in [2.45, 2.75) is 71.3 Å². The summed E-state index contributed by atoms with van der Waals surface area (Å²) in [7, 11) is 0. The fourth-order valence-electron chi connectivity index (χ4n) is 8.35. The molecule has 2 aliphatic heterocycles. The van der Waals surface area contributed by atoms with Crippen LogP contribution in [-0.4, -0.2) is 19.1 Å². The number of allylic oxidation sites excluding steroid dienone is 7. The first-order valence-electron chi connectivity index (χ1n) is 16.3. The number of hydrogen-bond acceptors (Lipinski definition) is 2. The molecule has 1 atom stereocenters. The Labute approximate surface area is 268 Å². The van der Waals surface area contributed by atoms with E-state index < -0.39 is 0 Å². The van der Waals surface area contributed by atoms with E-state index in [0.717, 1.165) is 31.0 Å². The molecule has 0 aromatic heterocycles. The van der Waals surface area contributed by atoms with E-state index in [2.05, 4.69) is 148 Å². The van der Waals surface area contributed by atoms with Crippen molar-refractivity contribution in [2.24, 2.45) is 0 Å². The number of anilines is 2. The standard InChI is InChI=1S/C41H43ClN2/c1-7-43-33-23-19-27-13-9-11-15-31(27)37(33)40(3,4)35(43)25-21-29-17-18-30(39(29)42)22-26-36-41(5,6)38-32-16-12-10-14-28(32)20-24-34(38)44(36)8-2/h9-16,19-26,35H,7-8,17-18H2,1-6H3. The van der Waals surface area contributed by atoms with Crippen LogP contribution in [0.5, 0.6) is 0 Å². The lowest BCUT2D eigenvalue weighted by atomic mass is 9.78. The largest absolute Gasteiger partial charge is 0.364 e. The molecule has 0 fully saturated rings. The second-order valence-electron chi connectivity index (χ2n) is 13.6. The molecule has 3 heteroatoms.